The third-order valence-electron chi connectivity index (χ3n) is 2.24. The van der Waals surface area contributed by atoms with Gasteiger partial charge in [0.1, 0.15) is 0 Å². The summed E-state index contributed by atoms with van der Waals surface area (Å²) in [7, 11) is 0. The first-order chi connectivity index (χ1) is 8.52. The molecule has 0 atom stereocenters. The highest BCUT2D eigenvalue weighted by atomic mass is 16.5. The maximum Gasteiger partial charge on any atom is 0.228 e. The fourth-order valence-corrected chi connectivity index (χ4v) is 1.66. The van der Waals surface area contributed by atoms with Gasteiger partial charge in [0.2, 0.25) is 11.8 Å². The third kappa shape index (κ3) is 4.87. The summed E-state index contributed by atoms with van der Waals surface area (Å²) in [6.45, 7) is 10.5. The molecule has 0 amide bonds. The quantitative estimate of drug-likeness (QED) is 0.800. The molecule has 0 saturated carbocycles. The van der Waals surface area contributed by atoms with Crippen LogP contribution in [0.15, 0.2) is 12.3 Å². The Balaban J connectivity index is 2.83. The van der Waals surface area contributed by atoms with E-state index < -0.39 is 0 Å². The fraction of sp³-hybridized carbons (Fsp3) is 0.692. The molecule has 0 bridgehead atoms. The van der Waals surface area contributed by atoms with Crippen molar-refractivity contribution in [3.63, 3.8) is 0 Å². The molecule has 18 heavy (non-hydrogen) atoms. The number of aromatic nitrogens is 2. The minimum Gasteiger partial charge on any atom is -0.475 e. The van der Waals surface area contributed by atoms with Crippen molar-refractivity contribution >= 4 is 5.95 Å². The van der Waals surface area contributed by atoms with E-state index in [1.54, 1.807) is 12.3 Å². The van der Waals surface area contributed by atoms with Gasteiger partial charge < -0.3 is 15.4 Å². The fourth-order valence-electron chi connectivity index (χ4n) is 1.66. The second kappa shape index (κ2) is 7.16. The molecule has 1 aromatic heterocycles. The number of rotatable bonds is 7. The van der Waals surface area contributed by atoms with Crippen molar-refractivity contribution in [2.75, 3.05) is 24.5 Å². The Bertz CT molecular complexity index is 355. The van der Waals surface area contributed by atoms with Gasteiger partial charge in [-0.1, -0.05) is 13.8 Å². The van der Waals surface area contributed by atoms with Crippen LogP contribution in [0.2, 0.25) is 0 Å². The first kappa shape index (κ1) is 14.7. The van der Waals surface area contributed by atoms with Crippen molar-refractivity contribution in [3.8, 4) is 5.88 Å². The van der Waals surface area contributed by atoms with E-state index in [4.69, 9.17) is 10.5 Å². The van der Waals surface area contributed by atoms with Crippen LogP contribution in [0.25, 0.3) is 0 Å². The van der Waals surface area contributed by atoms with Crippen molar-refractivity contribution < 1.29 is 4.74 Å². The van der Waals surface area contributed by atoms with E-state index in [2.05, 4.69) is 28.7 Å². The van der Waals surface area contributed by atoms with Gasteiger partial charge in [-0.25, -0.2) is 4.98 Å². The van der Waals surface area contributed by atoms with Crippen molar-refractivity contribution in [2.45, 2.75) is 33.8 Å². The van der Waals surface area contributed by atoms with Crippen molar-refractivity contribution in [2.24, 2.45) is 11.7 Å². The zero-order valence-electron chi connectivity index (χ0n) is 11.8. The highest BCUT2D eigenvalue weighted by Gasteiger charge is 2.12. The van der Waals surface area contributed by atoms with Gasteiger partial charge in [-0.15, -0.1) is 0 Å². The number of hydrogen-bond donors (Lipinski definition) is 1. The predicted octanol–water partition coefficient (Wildman–Crippen LogP) is 1.68. The van der Waals surface area contributed by atoms with Gasteiger partial charge in [-0.2, -0.15) is 4.98 Å². The highest BCUT2D eigenvalue weighted by molar-refractivity contribution is 5.32. The van der Waals surface area contributed by atoms with Crippen molar-refractivity contribution in [1.82, 2.24) is 9.97 Å². The third-order valence-corrected chi connectivity index (χ3v) is 2.24. The molecular formula is C13H24N4O. The van der Waals surface area contributed by atoms with Crippen LogP contribution in [-0.4, -0.2) is 35.7 Å². The Hall–Kier alpha value is -1.36. The minimum absolute atomic E-state index is 0.112. The molecule has 0 fully saturated rings. The first-order valence-corrected chi connectivity index (χ1v) is 6.47. The van der Waals surface area contributed by atoms with E-state index in [9.17, 15) is 0 Å². The van der Waals surface area contributed by atoms with Gasteiger partial charge in [-0.05, 0) is 19.8 Å². The maximum atomic E-state index is 5.63. The standard InChI is InChI=1S/C13H24N4O/c1-10(2)9-17(8-6-14)13-15-7-5-12(16-13)18-11(3)4/h5,7,10-11H,6,8-9,14H2,1-4H3. The lowest BCUT2D eigenvalue weighted by Gasteiger charge is -2.24. The molecule has 1 aromatic rings. The summed E-state index contributed by atoms with van der Waals surface area (Å²) in [5.74, 6) is 1.84. The van der Waals surface area contributed by atoms with Crippen LogP contribution in [0, 0.1) is 5.92 Å². The van der Waals surface area contributed by atoms with Crippen LogP contribution < -0.4 is 15.4 Å². The van der Waals surface area contributed by atoms with Crippen molar-refractivity contribution in [1.29, 1.82) is 0 Å². The van der Waals surface area contributed by atoms with Gasteiger partial charge in [-0.3, -0.25) is 0 Å². The van der Waals surface area contributed by atoms with Crippen LogP contribution in [-0.2, 0) is 0 Å². The van der Waals surface area contributed by atoms with E-state index in [0.717, 1.165) is 13.1 Å². The average molecular weight is 252 g/mol. The lowest BCUT2D eigenvalue weighted by Crippen LogP contribution is -2.34. The molecule has 1 heterocycles. The summed E-state index contributed by atoms with van der Waals surface area (Å²) in [4.78, 5) is 10.8. The molecule has 102 valence electrons. The Morgan fingerprint density at radius 1 is 1.33 bits per heavy atom. The molecule has 0 aromatic carbocycles. The van der Waals surface area contributed by atoms with Gasteiger partial charge in [0.05, 0.1) is 6.10 Å². The summed E-state index contributed by atoms with van der Waals surface area (Å²) in [5.41, 5.74) is 5.63. The second-order valence-electron chi connectivity index (χ2n) is 4.99. The van der Waals surface area contributed by atoms with Crippen LogP contribution in [0.3, 0.4) is 0 Å². The van der Waals surface area contributed by atoms with Gasteiger partial charge in [0, 0.05) is 31.9 Å². The number of nitrogens with zero attached hydrogens (tertiary/aromatic N) is 3. The molecule has 0 aliphatic heterocycles. The van der Waals surface area contributed by atoms with Gasteiger partial charge >= 0.3 is 0 Å². The average Bonchev–Trinajstić information content (AvgIpc) is 2.27. The molecule has 0 spiro atoms. The molecule has 2 N–H and O–H groups in total. The number of anilines is 1. The number of ether oxygens (including phenoxy) is 1. The van der Waals surface area contributed by atoms with Crippen LogP contribution >= 0.6 is 0 Å². The molecule has 1 rings (SSSR count). The molecule has 0 saturated heterocycles. The molecule has 5 heteroatoms. The van der Waals surface area contributed by atoms with Crippen LogP contribution in [0.5, 0.6) is 5.88 Å². The van der Waals surface area contributed by atoms with E-state index in [-0.39, 0.29) is 6.10 Å². The topological polar surface area (TPSA) is 64.3 Å². The second-order valence-corrected chi connectivity index (χ2v) is 4.99. The van der Waals surface area contributed by atoms with E-state index in [1.165, 1.54) is 0 Å². The summed E-state index contributed by atoms with van der Waals surface area (Å²) in [6.07, 6.45) is 1.84. The summed E-state index contributed by atoms with van der Waals surface area (Å²) < 4.78 is 5.58. The molecule has 0 unspecified atom stereocenters. The normalized spacial score (nSPS) is 11.1. The maximum absolute atomic E-state index is 5.63. The lowest BCUT2D eigenvalue weighted by molar-refractivity contribution is 0.232. The zero-order chi connectivity index (χ0) is 13.5. The van der Waals surface area contributed by atoms with E-state index >= 15 is 0 Å². The minimum atomic E-state index is 0.112. The molecular weight excluding hydrogens is 228 g/mol. The number of hydrogen-bond acceptors (Lipinski definition) is 5. The number of nitrogens with two attached hydrogens (primary N) is 1. The van der Waals surface area contributed by atoms with Crippen LogP contribution in [0.4, 0.5) is 5.95 Å². The monoisotopic (exact) mass is 252 g/mol. The zero-order valence-corrected chi connectivity index (χ0v) is 11.8. The SMILES string of the molecule is CC(C)CN(CCN)c1nccc(OC(C)C)n1. The van der Waals surface area contributed by atoms with Crippen LogP contribution in [0.1, 0.15) is 27.7 Å². The summed E-state index contributed by atoms with van der Waals surface area (Å²) >= 11 is 0. The molecule has 5 nitrogen and oxygen atoms in total. The summed E-state index contributed by atoms with van der Waals surface area (Å²) in [5, 5.41) is 0. The molecule has 0 radical (unpaired) electrons. The largest absolute Gasteiger partial charge is 0.475 e. The summed E-state index contributed by atoms with van der Waals surface area (Å²) in [6, 6.07) is 1.78. The predicted molar refractivity (Wildman–Crippen MR) is 73.9 cm³/mol. The van der Waals surface area contributed by atoms with E-state index in [1.807, 2.05) is 13.8 Å². The molecule has 0 aliphatic carbocycles. The van der Waals surface area contributed by atoms with Gasteiger partial charge in [0.25, 0.3) is 0 Å². The Labute approximate surface area is 109 Å². The Morgan fingerprint density at radius 3 is 2.61 bits per heavy atom. The highest BCUT2D eigenvalue weighted by Crippen LogP contribution is 2.14. The first-order valence-electron chi connectivity index (χ1n) is 6.47. The molecule has 0 aliphatic rings. The smallest absolute Gasteiger partial charge is 0.228 e. The lowest BCUT2D eigenvalue weighted by atomic mass is 10.2. The Morgan fingerprint density at radius 2 is 2.06 bits per heavy atom. The Kier molecular flexibility index (Phi) is 5.85. The van der Waals surface area contributed by atoms with Gasteiger partial charge in [0.15, 0.2) is 0 Å². The van der Waals surface area contributed by atoms with E-state index in [0.29, 0.717) is 24.3 Å². The van der Waals surface area contributed by atoms with Crippen molar-refractivity contribution in [3.05, 3.63) is 12.3 Å².